The van der Waals surface area contributed by atoms with Crippen molar-refractivity contribution in [2.75, 3.05) is 7.05 Å². The molecule has 2 aromatic heterocycles. The van der Waals surface area contributed by atoms with Crippen LogP contribution >= 0.6 is 11.6 Å². The highest BCUT2D eigenvalue weighted by molar-refractivity contribution is 6.30. The molecular formula is C17H16ClN5O. The van der Waals surface area contributed by atoms with Gasteiger partial charge in [-0.15, -0.1) is 0 Å². The van der Waals surface area contributed by atoms with E-state index in [1.54, 1.807) is 30.3 Å². The van der Waals surface area contributed by atoms with Gasteiger partial charge in [0, 0.05) is 23.8 Å². The zero-order valence-electron chi connectivity index (χ0n) is 13.3. The number of aromatic nitrogens is 4. The van der Waals surface area contributed by atoms with Gasteiger partial charge in [0.25, 0.3) is 5.91 Å². The van der Waals surface area contributed by atoms with Crippen LogP contribution in [0, 0.1) is 0 Å². The standard InChI is InChI=1S/C17H16ClN5O/c1-12(13-3-5-15(18)6-4-13)22(2)17(24)14-7-8-20-16(9-14)23-11-19-10-21-23/h3-12H,1-2H3/t12-/m1/s1. The molecule has 2 heterocycles. The SMILES string of the molecule is C[C@H](c1ccc(Cl)cc1)N(C)C(=O)c1ccnc(-n2cncn2)c1. The van der Waals surface area contributed by atoms with E-state index in [-0.39, 0.29) is 11.9 Å². The van der Waals surface area contributed by atoms with E-state index in [2.05, 4.69) is 15.1 Å². The maximum absolute atomic E-state index is 12.8. The Hall–Kier alpha value is -2.73. The van der Waals surface area contributed by atoms with E-state index >= 15 is 0 Å². The van der Waals surface area contributed by atoms with Gasteiger partial charge in [0.2, 0.25) is 0 Å². The highest BCUT2D eigenvalue weighted by atomic mass is 35.5. The zero-order valence-corrected chi connectivity index (χ0v) is 14.1. The lowest BCUT2D eigenvalue weighted by Gasteiger charge is -2.25. The van der Waals surface area contributed by atoms with E-state index in [1.165, 1.54) is 17.3 Å². The number of rotatable bonds is 4. The molecule has 1 aromatic carbocycles. The van der Waals surface area contributed by atoms with E-state index < -0.39 is 0 Å². The second kappa shape index (κ2) is 6.80. The summed E-state index contributed by atoms with van der Waals surface area (Å²) < 4.78 is 1.51. The third-order valence-corrected chi connectivity index (χ3v) is 4.15. The molecule has 0 saturated carbocycles. The fourth-order valence-corrected chi connectivity index (χ4v) is 2.47. The van der Waals surface area contributed by atoms with E-state index in [1.807, 2.05) is 31.2 Å². The van der Waals surface area contributed by atoms with Crippen molar-refractivity contribution in [2.24, 2.45) is 0 Å². The topological polar surface area (TPSA) is 63.9 Å². The van der Waals surface area contributed by atoms with Gasteiger partial charge in [-0.1, -0.05) is 23.7 Å². The summed E-state index contributed by atoms with van der Waals surface area (Å²) in [5, 5.41) is 4.70. The minimum absolute atomic E-state index is 0.0854. The number of amides is 1. The molecule has 0 aliphatic heterocycles. The van der Waals surface area contributed by atoms with E-state index in [9.17, 15) is 4.79 Å². The average Bonchev–Trinajstić information content (AvgIpc) is 3.15. The maximum atomic E-state index is 12.8. The van der Waals surface area contributed by atoms with Gasteiger partial charge < -0.3 is 4.90 Å². The molecule has 3 rings (SSSR count). The Bertz CT molecular complexity index is 832. The molecule has 3 aromatic rings. The smallest absolute Gasteiger partial charge is 0.254 e. The minimum atomic E-state index is -0.0961. The van der Waals surface area contributed by atoms with Gasteiger partial charge in [0.15, 0.2) is 5.82 Å². The Balaban J connectivity index is 1.83. The maximum Gasteiger partial charge on any atom is 0.254 e. The highest BCUT2D eigenvalue weighted by Gasteiger charge is 2.19. The summed E-state index contributed by atoms with van der Waals surface area (Å²) in [4.78, 5) is 22.6. The van der Waals surface area contributed by atoms with Crippen LogP contribution in [0.4, 0.5) is 0 Å². The van der Waals surface area contributed by atoms with Crippen LogP contribution < -0.4 is 0 Å². The number of halogens is 1. The molecular weight excluding hydrogens is 326 g/mol. The summed E-state index contributed by atoms with van der Waals surface area (Å²) in [6.07, 6.45) is 4.55. The Morgan fingerprint density at radius 1 is 1.25 bits per heavy atom. The summed E-state index contributed by atoms with van der Waals surface area (Å²) in [5.74, 6) is 0.451. The quantitative estimate of drug-likeness (QED) is 0.731. The minimum Gasteiger partial charge on any atom is -0.335 e. The van der Waals surface area contributed by atoms with Crippen LogP contribution in [0.1, 0.15) is 28.9 Å². The van der Waals surface area contributed by atoms with Crippen molar-refractivity contribution in [2.45, 2.75) is 13.0 Å². The molecule has 0 spiro atoms. The van der Waals surface area contributed by atoms with Gasteiger partial charge in [-0.2, -0.15) is 5.10 Å². The van der Waals surface area contributed by atoms with Gasteiger partial charge in [0.05, 0.1) is 6.04 Å². The van der Waals surface area contributed by atoms with E-state index in [0.717, 1.165) is 5.56 Å². The molecule has 1 atom stereocenters. The third-order valence-electron chi connectivity index (χ3n) is 3.90. The van der Waals surface area contributed by atoms with Crippen molar-refractivity contribution in [3.05, 3.63) is 71.4 Å². The van der Waals surface area contributed by atoms with Crippen LogP contribution in [-0.4, -0.2) is 37.6 Å². The van der Waals surface area contributed by atoms with Crippen LogP contribution in [0.2, 0.25) is 5.02 Å². The molecule has 0 bridgehead atoms. The molecule has 122 valence electrons. The first-order chi connectivity index (χ1) is 11.6. The molecule has 24 heavy (non-hydrogen) atoms. The van der Waals surface area contributed by atoms with Crippen LogP contribution in [0.25, 0.3) is 5.82 Å². The predicted octanol–water partition coefficient (Wildman–Crippen LogP) is 3.15. The van der Waals surface area contributed by atoms with Crippen molar-refractivity contribution in [3.8, 4) is 5.82 Å². The Morgan fingerprint density at radius 3 is 2.67 bits per heavy atom. The number of benzene rings is 1. The van der Waals surface area contributed by atoms with Crippen molar-refractivity contribution in [1.29, 1.82) is 0 Å². The molecule has 0 unspecified atom stereocenters. The summed E-state index contributed by atoms with van der Waals surface area (Å²) >= 11 is 5.92. The fourth-order valence-electron chi connectivity index (χ4n) is 2.35. The van der Waals surface area contributed by atoms with E-state index in [0.29, 0.717) is 16.4 Å². The monoisotopic (exact) mass is 341 g/mol. The number of carbonyl (C=O) groups is 1. The highest BCUT2D eigenvalue weighted by Crippen LogP contribution is 2.22. The molecule has 0 saturated heterocycles. The van der Waals surface area contributed by atoms with Gasteiger partial charge >= 0.3 is 0 Å². The predicted molar refractivity (Wildman–Crippen MR) is 91.1 cm³/mol. The zero-order chi connectivity index (χ0) is 17.1. The number of hydrogen-bond acceptors (Lipinski definition) is 4. The normalized spacial score (nSPS) is 12.0. The summed E-state index contributed by atoms with van der Waals surface area (Å²) in [5.41, 5.74) is 1.56. The van der Waals surface area contributed by atoms with Gasteiger partial charge in [-0.3, -0.25) is 4.79 Å². The first-order valence-electron chi connectivity index (χ1n) is 7.40. The molecule has 7 heteroatoms. The van der Waals surface area contributed by atoms with Gasteiger partial charge in [-0.25, -0.2) is 14.6 Å². The van der Waals surface area contributed by atoms with Gasteiger partial charge in [0.1, 0.15) is 12.7 Å². The molecule has 0 aliphatic carbocycles. The molecule has 0 fully saturated rings. The van der Waals surface area contributed by atoms with Crippen molar-refractivity contribution in [1.82, 2.24) is 24.6 Å². The number of hydrogen-bond donors (Lipinski definition) is 0. The number of nitrogens with zero attached hydrogens (tertiary/aromatic N) is 5. The Labute approximate surface area is 144 Å². The lowest BCUT2D eigenvalue weighted by atomic mass is 10.1. The Morgan fingerprint density at radius 2 is 2.00 bits per heavy atom. The molecule has 0 aliphatic rings. The number of carbonyl (C=O) groups excluding carboxylic acids is 1. The lowest BCUT2D eigenvalue weighted by molar-refractivity contribution is 0.0742. The average molecular weight is 342 g/mol. The summed E-state index contributed by atoms with van der Waals surface area (Å²) in [7, 11) is 1.77. The lowest BCUT2D eigenvalue weighted by Crippen LogP contribution is -2.29. The first kappa shape index (κ1) is 16.1. The van der Waals surface area contributed by atoms with Crippen molar-refractivity contribution >= 4 is 17.5 Å². The Kier molecular flexibility index (Phi) is 4.57. The summed E-state index contributed by atoms with van der Waals surface area (Å²) in [6.45, 7) is 1.97. The van der Waals surface area contributed by atoms with Crippen molar-refractivity contribution in [3.63, 3.8) is 0 Å². The largest absolute Gasteiger partial charge is 0.335 e. The third kappa shape index (κ3) is 3.28. The number of pyridine rings is 1. The van der Waals surface area contributed by atoms with E-state index in [4.69, 9.17) is 11.6 Å². The van der Waals surface area contributed by atoms with Crippen LogP contribution in [0.3, 0.4) is 0 Å². The second-order valence-electron chi connectivity index (χ2n) is 5.39. The molecule has 1 amide bonds. The molecule has 0 radical (unpaired) electrons. The van der Waals surface area contributed by atoms with Crippen molar-refractivity contribution < 1.29 is 4.79 Å². The van der Waals surface area contributed by atoms with Crippen LogP contribution in [0.5, 0.6) is 0 Å². The second-order valence-corrected chi connectivity index (χ2v) is 5.82. The van der Waals surface area contributed by atoms with Crippen LogP contribution in [-0.2, 0) is 0 Å². The molecule has 0 N–H and O–H groups in total. The fraction of sp³-hybridized carbons (Fsp3) is 0.176. The summed E-state index contributed by atoms with van der Waals surface area (Å²) in [6, 6.07) is 10.8. The van der Waals surface area contributed by atoms with Crippen LogP contribution in [0.15, 0.2) is 55.2 Å². The first-order valence-corrected chi connectivity index (χ1v) is 7.78. The van der Waals surface area contributed by atoms with Gasteiger partial charge in [-0.05, 0) is 36.8 Å². The molecule has 6 nitrogen and oxygen atoms in total.